The van der Waals surface area contributed by atoms with Gasteiger partial charge in [-0.15, -0.1) is 0 Å². The van der Waals surface area contributed by atoms with Gasteiger partial charge in [0.1, 0.15) is 106 Å². The summed E-state index contributed by atoms with van der Waals surface area (Å²) in [4.78, 5) is 135. The van der Waals surface area contributed by atoms with Gasteiger partial charge in [0.2, 0.25) is 35.4 Å². The molecule has 4 aliphatic heterocycles. The van der Waals surface area contributed by atoms with E-state index in [1.807, 2.05) is 187 Å². The molecule has 4 atom stereocenters. The summed E-state index contributed by atoms with van der Waals surface area (Å²) in [7, 11) is 6.50. The molecule has 6 N–H and O–H groups in total. The summed E-state index contributed by atoms with van der Waals surface area (Å²) in [5.74, 6) is 29.7. The molecule has 8 aromatic heterocycles. The van der Waals surface area contributed by atoms with E-state index >= 15 is 0 Å². The van der Waals surface area contributed by atoms with Crippen molar-refractivity contribution >= 4 is 114 Å². The smallest absolute Gasteiger partial charge is 0.248 e. The number of nitrogens with one attached hydrogen (secondary N) is 4. The van der Waals surface area contributed by atoms with Crippen LogP contribution < -0.4 is 45.9 Å². The maximum absolute atomic E-state index is 12.6. The van der Waals surface area contributed by atoms with Crippen molar-refractivity contribution in [2.75, 3.05) is 102 Å². The summed E-state index contributed by atoms with van der Waals surface area (Å²) < 4.78 is 28.8. The summed E-state index contributed by atoms with van der Waals surface area (Å²) in [6.07, 6.45) is 15.6. The van der Waals surface area contributed by atoms with Gasteiger partial charge in [-0.2, -0.15) is 20.4 Å². The molecule has 148 heavy (non-hydrogen) atoms. The van der Waals surface area contributed by atoms with Gasteiger partial charge in [-0.25, -0.2) is 58.6 Å². The van der Waals surface area contributed by atoms with Gasteiger partial charge in [-0.1, -0.05) is 129 Å². The summed E-state index contributed by atoms with van der Waals surface area (Å²) in [6.45, 7) is 40.8. The SMILES string of the molecule is C.C.C.C.C=CC(=O)Nc1ncnc2c1c(C#Cc1cc(C)cc(OC)c1)nn2[C@H]1CCN(C(=O)C=C)C1.CC(=O)C(C)C.CCCC(=O)Nc1ncnc2c1c(C#Cc1cc(C)cc(OC)c1)nn2[C@H]1CCN(C(=O)CCC)C1.CCCC(C)=O.COc1cc(C)cc(C#Cc2nn([C@H]3CCN(C(=O)C(C)C)C3)c3ncnc(NC(=O)C(C)C)c23)c1.COc1cc(C)cc(C#Cc2nn([C@H]3CCNC3)c3ncnc(N)c23)c1. The van der Waals surface area contributed by atoms with Crippen molar-refractivity contribution < 1.29 is 57.3 Å². The number of nitrogen functional groups attached to an aromatic ring is 1. The molecular weight excluding hydrogens is 1870 g/mol. The molecule has 0 saturated carbocycles. The Morgan fingerprint density at radius 3 is 1.12 bits per heavy atom. The third-order valence-electron chi connectivity index (χ3n) is 23.8. The summed E-state index contributed by atoms with van der Waals surface area (Å²) in [5, 5.41) is 33.4. The highest BCUT2D eigenvalue weighted by Crippen LogP contribution is 2.36. The third-order valence-corrected chi connectivity index (χ3v) is 23.8. The standard InChI is InChI=1S/2C27H32N6O3.C25H24N6O3.C19H20N6O.2C5H10O.4CH4/c1-16(2)26(34)30-24-23-22(8-7-19-11-18(5)12-21(13-19)36-6)31-33(25(23)29-15-28-24)20-9-10-32(14-20)27(35)17(3)4;1-5-7-23(34)30-26-25-22(10-9-19-13-18(3)14-21(15-19)36-4)31-33(27(25)29-17-28-26)20-11-12-32(16-20)24(35)8-6-2;1-5-21(32)28-24-23-20(8-7-17-11-16(3)12-19(13-17)34-4)29-31(25(23)27-15-26-24)18-9-10-30(14-18)22(33)6-2;1-12-7-13(9-15(8-12)26-2)3-4-16-17-18(20)22-11-23-19(17)25(24-16)14-5-6-21-10-14;1-4(2)5(3)6;1-3-4-5(2)6;;;;/h11-13,15-17,20H,9-10,14H2,1-6H3,(H,28,29,30,34);13-15,17,20H,5-8,11-12,16H2,1-4H3,(H,28,29,30,34);5-6,11-13,15,18H,1-2,9-10,14H2,3-4H3,(H,26,27,28,32);7-9,11,14,21H,5-6,10H2,1-2H3,(H2,20,22,23);4H,1-3H3;3-4H2,1-2H3;4*1H4/t2*20-;18-;14-;;;;;;/m0000....../s1. The lowest BCUT2D eigenvalue weighted by atomic mass is 10.1. The largest absolute Gasteiger partial charge is 0.497 e. The quantitative estimate of drug-likeness (QED) is 0.0311. The molecular formula is C112H144N24O12. The van der Waals surface area contributed by atoms with Crippen LogP contribution in [-0.4, -0.2) is 222 Å². The van der Waals surface area contributed by atoms with Crippen LogP contribution in [0, 0.1) is 92.8 Å². The van der Waals surface area contributed by atoms with Gasteiger partial charge in [0.25, 0.3) is 0 Å². The van der Waals surface area contributed by atoms with Crippen LogP contribution in [0.2, 0.25) is 0 Å². The van der Waals surface area contributed by atoms with Gasteiger partial charge in [-0.3, -0.25) is 33.6 Å². The van der Waals surface area contributed by atoms with Gasteiger partial charge < -0.3 is 65.4 Å². The first kappa shape index (κ1) is 119. The molecule has 36 nitrogen and oxygen atoms in total. The zero-order valence-corrected chi connectivity index (χ0v) is 85.5. The number of nitrogens with zero attached hydrogens (tertiary/aromatic N) is 19. The number of methoxy groups -OCH3 is 4. The topological polar surface area (TPSA) is 432 Å². The number of ether oxygens (including phenoxy) is 4. The fourth-order valence-corrected chi connectivity index (χ4v) is 16.2. The fourth-order valence-electron chi connectivity index (χ4n) is 16.2. The predicted octanol–water partition coefficient (Wildman–Crippen LogP) is 16.9. The fraction of sp³-hybridized carbons (Fsp3) is 0.429. The minimum absolute atomic E-state index is 0. The van der Waals surface area contributed by atoms with E-state index in [1.54, 1.807) is 51.9 Å². The Morgan fingerprint density at radius 1 is 0.426 bits per heavy atom. The molecule has 0 bridgehead atoms. The molecule has 4 saturated heterocycles. The lowest BCUT2D eigenvalue weighted by molar-refractivity contribution is -0.133. The van der Waals surface area contributed by atoms with Crippen molar-refractivity contribution in [1.82, 2.24) is 99.0 Å². The van der Waals surface area contributed by atoms with Crippen LogP contribution in [-0.2, 0) is 38.4 Å². The van der Waals surface area contributed by atoms with E-state index in [4.69, 9.17) is 45.1 Å². The number of benzene rings is 4. The summed E-state index contributed by atoms with van der Waals surface area (Å²) >= 11 is 0. The molecule has 12 heterocycles. The number of Topliss-reactive ketones (excluding diaryl/α,β-unsaturated/α-hetero) is 2. The van der Waals surface area contributed by atoms with Gasteiger partial charge in [0.15, 0.2) is 22.6 Å². The van der Waals surface area contributed by atoms with Crippen molar-refractivity contribution in [1.29, 1.82) is 0 Å². The zero-order chi connectivity index (χ0) is 104. The van der Waals surface area contributed by atoms with E-state index in [1.165, 1.54) is 37.5 Å². The number of ketones is 2. The molecule has 784 valence electrons. The molecule has 12 aromatic rings. The minimum atomic E-state index is -0.404. The van der Waals surface area contributed by atoms with Crippen molar-refractivity contribution in [2.24, 2.45) is 17.8 Å². The second-order valence-electron chi connectivity index (χ2n) is 36.2. The van der Waals surface area contributed by atoms with Crippen LogP contribution in [0.3, 0.4) is 0 Å². The van der Waals surface area contributed by atoms with Crippen LogP contribution in [0.5, 0.6) is 23.0 Å². The molecule has 4 aromatic carbocycles. The molecule has 6 amide bonds. The van der Waals surface area contributed by atoms with Crippen LogP contribution in [0.15, 0.2) is 123 Å². The van der Waals surface area contributed by atoms with E-state index in [2.05, 4.69) is 122 Å². The average molecular weight is 2020 g/mol. The van der Waals surface area contributed by atoms with Gasteiger partial charge in [0.05, 0.1) is 74.2 Å². The number of hydrogen-bond donors (Lipinski definition) is 5. The normalized spacial score (nSPS) is 14.4. The Labute approximate surface area is 869 Å². The van der Waals surface area contributed by atoms with Gasteiger partial charge in [0, 0.05) is 105 Å². The lowest BCUT2D eigenvalue weighted by Gasteiger charge is -2.18. The second kappa shape index (κ2) is 56.4. The highest BCUT2D eigenvalue weighted by Gasteiger charge is 2.35. The lowest BCUT2D eigenvalue weighted by Crippen LogP contribution is -2.32. The molecule has 36 heteroatoms. The van der Waals surface area contributed by atoms with Crippen LogP contribution in [0.4, 0.5) is 23.3 Å². The van der Waals surface area contributed by atoms with E-state index in [9.17, 15) is 38.4 Å². The van der Waals surface area contributed by atoms with Crippen LogP contribution in [0.25, 0.3) is 44.1 Å². The molecule has 4 aliphatic rings. The number of anilines is 4. The maximum atomic E-state index is 12.6. The van der Waals surface area contributed by atoms with Crippen molar-refractivity contribution in [2.45, 2.75) is 222 Å². The first-order chi connectivity index (χ1) is 69.1. The van der Waals surface area contributed by atoms with E-state index in [0.29, 0.717) is 149 Å². The molecule has 4 fully saturated rings. The Balaban J connectivity index is 0.000000256. The Hall–Kier alpha value is -16.1. The van der Waals surface area contributed by atoms with E-state index in [0.717, 1.165) is 125 Å². The number of amides is 6. The van der Waals surface area contributed by atoms with Crippen LogP contribution in [0.1, 0.15) is 262 Å². The number of hydrogen-bond acceptors (Lipinski definition) is 26. The zero-order valence-electron chi connectivity index (χ0n) is 85.5. The number of carbonyl (C=O) groups excluding carboxylic acids is 8. The van der Waals surface area contributed by atoms with Gasteiger partial charge >= 0.3 is 0 Å². The molecule has 16 rings (SSSR count). The van der Waals surface area contributed by atoms with Crippen molar-refractivity contribution in [3.05, 3.63) is 191 Å². The number of rotatable bonds is 22. The number of likely N-dealkylation sites (tertiary alicyclic amines) is 3. The predicted molar refractivity (Wildman–Crippen MR) is 582 cm³/mol. The van der Waals surface area contributed by atoms with Crippen LogP contribution >= 0.6 is 0 Å². The van der Waals surface area contributed by atoms with E-state index in [-0.39, 0.29) is 113 Å². The highest BCUT2D eigenvalue weighted by atomic mass is 16.5. The molecule has 0 aliphatic carbocycles. The minimum Gasteiger partial charge on any atom is -0.497 e. The first-order valence-electron chi connectivity index (χ1n) is 48.2. The van der Waals surface area contributed by atoms with Crippen molar-refractivity contribution in [3.63, 3.8) is 0 Å². The third kappa shape index (κ3) is 31.2. The second-order valence-corrected chi connectivity index (χ2v) is 36.2. The Bertz CT molecular complexity index is 7020. The number of carbonyl (C=O) groups is 8. The molecule has 0 spiro atoms. The van der Waals surface area contributed by atoms with Gasteiger partial charge in [-0.05, 0) is 224 Å². The first-order valence-corrected chi connectivity index (χ1v) is 48.2. The summed E-state index contributed by atoms with van der Waals surface area (Å²) in [6, 6.07) is 23.2. The van der Waals surface area contributed by atoms with E-state index < -0.39 is 5.91 Å². The Kier molecular flexibility index (Phi) is 45.3. The number of fused-ring (bicyclic) bond motifs is 4. The maximum Gasteiger partial charge on any atom is 0.248 e. The average Bonchev–Trinajstić information content (AvgIpc) is 1.63. The summed E-state index contributed by atoms with van der Waals surface area (Å²) in [5.41, 5.74) is 17.9. The van der Waals surface area contributed by atoms with Crippen molar-refractivity contribution in [3.8, 4) is 70.4 Å². The molecule has 0 radical (unpaired) electrons. The highest BCUT2D eigenvalue weighted by molar-refractivity contribution is 6.05. The number of aryl methyl sites for hydroxylation is 4. The monoisotopic (exact) mass is 2020 g/mol. The Morgan fingerprint density at radius 2 is 0.777 bits per heavy atom. The molecule has 0 unspecified atom stereocenters. The number of aromatic nitrogens is 16. The number of nitrogens with two attached hydrogens (primary N) is 1.